The topological polar surface area (TPSA) is 54.1 Å². The van der Waals surface area contributed by atoms with Gasteiger partial charge < -0.3 is 20.3 Å². The number of hydrogen-bond acceptors (Lipinski definition) is 4. The van der Waals surface area contributed by atoms with Gasteiger partial charge in [-0.3, -0.25) is 4.99 Å². The van der Waals surface area contributed by atoms with Crippen LogP contribution in [0.15, 0.2) is 4.99 Å². The number of piperidine rings is 1. The van der Waals surface area contributed by atoms with Gasteiger partial charge in [-0.2, -0.15) is 11.8 Å². The van der Waals surface area contributed by atoms with E-state index < -0.39 is 0 Å². The minimum absolute atomic E-state index is 0. The van der Waals surface area contributed by atoms with Crippen molar-refractivity contribution in [2.24, 2.45) is 10.7 Å². The van der Waals surface area contributed by atoms with Crippen LogP contribution in [0.4, 0.5) is 0 Å². The number of aliphatic imine (C=N–C) groups is 1. The Kier molecular flexibility index (Phi) is 7.92. The highest BCUT2D eigenvalue weighted by Gasteiger charge is 2.32. The molecule has 5 nitrogen and oxygen atoms in total. The van der Waals surface area contributed by atoms with E-state index in [0.29, 0.717) is 5.96 Å². The van der Waals surface area contributed by atoms with E-state index in [2.05, 4.69) is 28.1 Å². The molecular weight excluding hydrogens is 387 g/mol. The normalized spacial score (nSPS) is 24.3. The Morgan fingerprint density at radius 1 is 1.25 bits per heavy atom. The molecule has 118 valence electrons. The third kappa shape index (κ3) is 4.92. The summed E-state index contributed by atoms with van der Waals surface area (Å²) in [4.78, 5) is 9.19. The standard InChI is InChI=1S/C13H26N4OS.HI/c1-16-5-3-13(19-2,4-6-16)11-15-12(14)17-7-9-18-10-8-17;/h3-11H2,1-2H3,(H2,14,15);1H. The van der Waals surface area contributed by atoms with Crippen LogP contribution in [0.3, 0.4) is 0 Å². The summed E-state index contributed by atoms with van der Waals surface area (Å²) in [6.45, 7) is 6.41. The molecule has 0 spiro atoms. The number of nitrogens with zero attached hydrogens (tertiary/aromatic N) is 3. The monoisotopic (exact) mass is 414 g/mol. The first-order chi connectivity index (χ1) is 9.15. The molecule has 0 aromatic rings. The van der Waals surface area contributed by atoms with Gasteiger partial charge in [0, 0.05) is 17.8 Å². The summed E-state index contributed by atoms with van der Waals surface area (Å²) < 4.78 is 5.62. The summed E-state index contributed by atoms with van der Waals surface area (Å²) in [5, 5.41) is 0. The average molecular weight is 414 g/mol. The molecule has 2 aliphatic rings. The number of halogens is 1. The molecule has 2 heterocycles. The maximum atomic E-state index is 6.11. The van der Waals surface area contributed by atoms with Gasteiger partial charge in [-0.25, -0.2) is 0 Å². The van der Waals surface area contributed by atoms with E-state index in [4.69, 9.17) is 10.5 Å². The first-order valence-electron chi connectivity index (χ1n) is 7.01. The van der Waals surface area contributed by atoms with Crippen LogP contribution in [0.1, 0.15) is 12.8 Å². The molecule has 2 N–H and O–H groups in total. The van der Waals surface area contributed by atoms with E-state index in [-0.39, 0.29) is 28.7 Å². The molecule has 2 rings (SSSR count). The van der Waals surface area contributed by atoms with Gasteiger partial charge in [0.05, 0.1) is 19.8 Å². The van der Waals surface area contributed by atoms with Crippen molar-refractivity contribution in [2.45, 2.75) is 17.6 Å². The zero-order valence-electron chi connectivity index (χ0n) is 12.5. The minimum atomic E-state index is 0. The fourth-order valence-electron chi connectivity index (χ4n) is 2.57. The molecule has 0 aliphatic carbocycles. The molecule has 0 atom stereocenters. The van der Waals surface area contributed by atoms with Gasteiger partial charge in [0.25, 0.3) is 0 Å². The van der Waals surface area contributed by atoms with Crippen molar-refractivity contribution in [3.8, 4) is 0 Å². The van der Waals surface area contributed by atoms with Gasteiger partial charge in [-0.15, -0.1) is 24.0 Å². The van der Waals surface area contributed by atoms with Crippen LogP contribution < -0.4 is 5.73 Å². The Morgan fingerprint density at radius 3 is 2.40 bits per heavy atom. The lowest BCUT2D eigenvalue weighted by atomic mass is 9.96. The van der Waals surface area contributed by atoms with Gasteiger partial charge in [0.2, 0.25) is 0 Å². The Labute approximate surface area is 143 Å². The summed E-state index contributed by atoms with van der Waals surface area (Å²) in [6.07, 6.45) is 4.60. The van der Waals surface area contributed by atoms with Crippen LogP contribution in [0, 0.1) is 0 Å². The van der Waals surface area contributed by atoms with Crippen molar-refractivity contribution in [2.75, 3.05) is 59.2 Å². The maximum absolute atomic E-state index is 6.11. The molecule has 2 fully saturated rings. The number of rotatable bonds is 3. The number of likely N-dealkylation sites (tertiary alicyclic amines) is 1. The van der Waals surface area contributed by atoms with Crippen LogP contribution >= 0.6 is 35.7 Å². The fourth-order valence-corrected chi connectivity index (χ4v) is 3.35. The van der Waals surface area contributed by atoms with E-state index in [0.717, 1.165) is 45.9 Å². The van der Waals surface area contributed by atoms with Crippen molar-refractivity contribution in [3.63, 3.8) is 0 Å². The lowest BCUT2D eigenvalue weighted by Crippen LogP contribution is -2.46. The summed E-state index contributed by atoms with van der Waals surface area (Å²) in [5.74, 6) is 0.690. The third-order valence-corrected chi connectivity index (χ3v) is 5.60. The van der Waals surface area contributed by atoms with Crippen molar-refractivity contribution >= 4 is 41.7 Å². The number of guanidine groups is 1. The summed E-state index contributed by atoms with van der Waals surface area (Å²) in [5.41, 5.74) is 6.11. The Bertz CT molecular complexity index is 315. The third-order valence-electron chi connectivity index (χ3n) is 4.20. The average Bonchev–Trinajstić information content (AvgIpc) is 2.48. The molecule has 0 saturated carbocycles. The molecule has 0 aromatic heterocycles. The Balaban J connectivity index is 0.00000200. The van der Waals surface area contributed by atoms with Gasteiger partial charge >= 0.3 is 0 Å². The van der Waals surface area contributed by atoms with E-state index >= 15 is 0 Å². The van der Waals surface area contributed by atoms with Crippen LogP contribution in [-0.2, 0) is 4.74 Å². The minimum Gasteiger partial charge on any atom is -0.378 e. The van der Waals surface area contributed by atoms with Crippen molar-refractivity contribution in [1.29, 1.82) is 0 Å². The van der Waals surface area contributed by atoms with E-state index in [1.54, 1.807) is 0 Å². The number of nitrogens with two attached hydrogens (primary N) is 1. The highest BCUT2D eigenvalue weighted by Crippen LogP contribution is 2.34. The zero-order chi connectivity index (χ0) is 13.7. The smallest absolute Gasteiger partial charge is 0.191 e. The molecule has 0 aromatic carbocycles. The number of morpholine rings is 1. The van der Waals surface area contributed by atoms with Crippen LogP contribution in [-0.4, -0.2) is 79.7 Å². The highest BCUT2D eigenvalue weighted by molar-refractivity contribution is 14.0. The predicted octanol–water partition coefficient (Wildman–Crippen LogP) is 1.08. The maximum Gasteiger partial charge on any atom is 0.191 e. The number of hydrogen-bond donors (Lipinski definition) is 1. The first-order valence-corrected chi connectivity index (χ1v) is 8.24. The fraction of sp³-hybridized carbons (Fsp3) is 0.923. The molecule has 0 amide bonds. The number of thioether (sulfide) groups is 1. The lowest BCUT2D eigenvalue weighted by Gasteiger charge is -2.38. The predicted molar refractivity (Wildman–Crippen MR) is 97.3 cm³/mol. The van der Waals surface area contributed by atoms with Gasteiger partial charge in [-0.1, -0.05) is 0 Å². The largest absolute Gasteiger partial charge is 0.378 e. The van der Waals surface area contributed by atoms with Crippen LogP contribution in [0.5, 0.6) is 0 Å². The second-order valence-corrected chi connectivity index (χ2v) is 6.74. The molecule has 0 unspecified atom stereocenters. The van der Waals surface area contributed by atoms with E-state index in [1.165, 1.54) is 12.8 Å². The summed E-state index contributed by atoms with van der Waals surface area (Å²) in [7, 11) is 2.19. The molecule has 2 aliphatic heterocycles. The highest BCUT2D eigenvalue weighted by atomic mass is 127. The molecule has 2 saturated heterocycles. The Hall–Kier alpha value is 0.270. The van der Waals surface area contributed by atoms with E-state index in [1.807, 2.05) is 11.8 Å². The number of ether oxygens (including phenoxy) is 1. The van der Waals surface area contributed by atoms with Gasteiger partial charge in [-0.05, 0) is 39.2 Å². The molecule has 0 bridgehead atoms. The summed E-state index contributed by atoms with van der Waals surface area (Å²) >= 11 is 1.95. The lowest BCUT2D eigenvalue weighted by molar-refractivity contribution is 0.0673. The second-order valence-electron chi connectivity index (χ2n) is 5.46. The first kappa shape index (κ1) is 18.3. The molecular formula is C13H27IN4OS. The summed E-state index contributed by atoms with van der Waals surface area (Å²) in [6, 6.07) is 0. The van der Waals surface area contributed by atoms with Crippen molar-refractivity contribution < 1.29 is 4.74 Å². The van der Waals surface area contributed by atoms with Gasteiger partial charge in [0.1, 0.15) is 0 Å². The molecule has 0 radical (unpaired) electrons. The molecule has 7 heteroatoms. The zero-order valence-corrected chi connectivity index (χ0v) is 15.7. The quantitative estimate of drug-likeness (QED) is 0.426. The van der Waals surface area contributed by atoms with Crippen LogP contribution in [0.2, 0.25) is 0 Å². The SMILES string of the molecule is CSC1(CN=C(N)N2CCOCC2)CCN(C)CC1.I. The Morgan fingerprint density at radius 2 is 1.85 bits per heavy atom. The molecule has 20 heavy (non-hydrogen) atoms. The second kappa shape index (κ2) is 8.65. The van der Waals surface area contributed by atoms with Crippen LogP contribution in [0.25, 0.3) is 0 Å². The van der Waals surface area contributed by atoms with E-state index in [9.17, 15) is 0 Å². The van der Waals surface area contributed by atoms with Gasteiger partial charge in [0.15, 0.2) is 5.96 Å². The van der Waals surface area contributed by atoms with Crippen molar-refractivity contribution in [3.05, 3.63) is 0 Å². The van der Waals surface area contributed by atoms with Crippen molar-refractivity contribution in [1.82, 2.24) is 9.80 Å².